The van der Waals surface area contributed by atoms with E-state index in [0.717, 1.165) is 65.2 Å². The number of carbonyl (C=O) groups excluding carboxylic acids is 2. The highest BCUT2D eigenvalue weighted by molar-refractivity contribution is 7.15. The first kappa shape index (κ1) is 22.9. The predicted octanol–water partition coefficient (Wildman–Crippen LogP) is 5.43. The molecule has 176 valence electrons. The second kappa shape index (κ2) is 9.80. The second-order valence-electron chi connectivity index (χ2n) is 9.54. The van der Waals surface area contributed by atoms with Crippen molar-refractivity contribution in [1.29, 1.82) is 0 Å². The summed E-state index contributed by atoms with van der Waals surface area (Å²) in [6.07, 6.45) is 5.24. The predicted molar refractivity (Wildman–Crippen MR) is 137 cm³/mol. The van der Waals surface area contributed by atoms with E-state index in [1.54, 1.807) is 11.3 Å². The maximum atomic E-state index is 14.1. The molecule has 2 aliphatic rings. The van der Waals surface area contributed by atoms with Crippen molar-refractivity contribution in [3.8, 4) is 10.4 Å². The molecule has 5 nitrogen and oxygen atoms in total. The Kier molecular flexibility index (Phi) is 6.61. The molecule has 1 aliphatic carbocycles. The van der Waals surface area contributed by atoms with Crippen LogP contribution in [-0.4, -0.2) is 35.3 Å². The zero-order valence-corrected chi connectivity index (χ0v) is 20.6. The van der Waals surface area contributed by atoms with Crippen LogP contribution in [-0.2, 0) is 0 Å². The Balaban J connectivity index is 1.49. The normalized spacial score (nSPS) is 18.9. The first-order valence-corrected chi connectivity index (χ1v) is 13.0. The maximum Gasteiger partial charge on any atom is 0.251 e. The van der Waals surface area contributed by atoms with E-state index in [0.29, 0.717) is 17.2 Å². The van der Waals surface area contributed by atoms with E-state index in [2.05, 4.69) is 10.6 Å². The lowest BCUT2D eigenvalue weighted by Crippen LogP contribution is -2.55. The summed E-state index contributed by atoms with van der Waals surface area (Å²) in [6.45, 7) is 4.88. The third kappa shape index (κ3) is 4.84. The van der Waals surface area contributed by atoms with Gasteiger partial charge in [-0.2, -0.15) is 0 Å². The number of piperidine rings is 1. The van der Waals surface area contributed by atoms with Crippen molar-refractivity contribution in [1.82, 2.24) is 15.6 Å². The van der Waals surface area contributed by atoms with Crippen LogP contribution >= 0.6 is 11.3 Å². The molecule has 2 fully saturated rings. The first-order chi connectivity index (χ1) is 16.5. The van der Waals surface area contributed by atoms with Gasteiger partial charge in [0.05, 0.1) is 9.88 Å². The van der Waals surface area contributed by atoms with Crippen LogP contribution in [0.2, 0.25) is 0 Å². The molecule has 0 bridgehead atoms. The molecule has 2 N–H and O–H groups in total. The van der Waals surface area contributed by atoms with Gasteiger partial charge in [0, 0.05) is 17.5 Å². The summed E-state index contributed by atoms with van der Waals surface area (Å²) in [5, 5.41) is 7.62. The van der Waals surface area contributed by atoms with Crippen LogP contribution in [0.15, 0.2) is 48.5 Å². The average Bonchev–Trinajstić information content (AvgIpc) is 3.63. The number of amides is 1. The monoisotopic (exact) mass is 473 g/mol. The summed E-state index contributed by atoms with van der Waals surface area (Å²) < 4.78 is 0. The van der Waals surface area contributed by atoms with Crippen LogP contribution in [0, 0.1) is 13.8 Å². The summed E-state index contributed by atoms with van der Waals surface area (Å²) in [6, 6.07) is 14.9. The van der Waals surface area contributed by atoms with Crippen LogP contribution in [0.4, 0.5) is 0 Å². The van der Waals surface area contributed by atoms with Gasteiger partial charge in [-0.1, -0.05) is 42.8 Å². The molecule has 1 amide bonds. The Hall–Kier alpha value is -2.83. The number of nitrogens with zero attached hydrogens (tertiary/aromatic N) is 1. The third-order valence-electron chi connectivity index (χ3n) is 6.93. The van der Waals surface area contributed by atoms with Gasteiger partial charge in [0.1, 0.15) is 11.7 Å². The molecule has 2 atom stereocenters. The standard InChI is InChI=1S/C28H31N3O2S/c1-17-11-12-21(16-18(17)2)27(33)30-23(22-10-6-7-15-29-22)25(32)24-26(19-8-4-3-5-9-19)34-28(31-24)20-13-14-20/h3-5,8-9,11-12,16,20,22-23,29H,6-7,10,13-15H2,1-2H3,(H,30,33). The molecule has 1 saturated carbocycles. The Morgan fingerprint density at radius 3 is 2.50 bits per heavy atom. The highest BCUT2D eigenvalue weighted by Crippen LogP contribution is 2.45. The van der Waals surface area contributed by atoms with Gasteiger partial charge in [0.25, 0.3) is 5.91 Å². The van der Waals surface area contributed by atoms with Crippen molar-refractivity contribution in [3.63, 3.8) is 0 Å². The summed E-state index contributed by atoms with van der Waals surface area (Å²) in [7, 11) is 0. The third-order valence-corrected chi connectivity index (χ3v) is 8.20. The van der Waals surface area contributed by atoms with Gasteiger partial charge in [-0.05, 0) is 74.9 Å². The number of rotatable bonds is 7. The molecule has 2 unspecified atom stereocenters. The van der Waals surface area contributed by atoms with Gasteiger partial charge in [-0.15, -0.1) is 11.3 Å². The fraction of sp³-hybridized carbons (Fsp3) is 0.393. The van der Waals surface area contributed by atoms with Gasteiger partial charge in [0.2, 0.25) is 5.78 Å². The fourth-order valence-corrected chi connectivity index (χ4v) is 5.81. The molecule has 5 rings (SSSR count). The molecule has 2 heterocycles. The zero-order valence-electron chi connectivity index (χ0n) is 19.8. The smallest absolute Gasteiger partial charge is 0.251 e. The lowest BCUT2D eigenvalue weighted by atomic mass is 9.92. The van der Waals surface area contributed by atoms with Crippen molar-refractivity contribution >= 4 is 23.0 Å². The molecule has 6 heteroatoms. The molecule has 0 radical (unpaired) electrons. The molecule has 0 spiro atoms. The number of benzene rings is 2. The van der Waals surface area contributed by atoms with E-state index in [1.807, 2.05) is 62.4 Å². The number of thiazole rings is 1. The van der Waals surface area contributed by atoms with Gasteiger partial charge in [0.15, 0.2) is 0 Å². The molecule has 1 aliphatic heterocycles. The lowest BCUT2D eigenvalue weighted by molar-refractivity contribution is 0.0823. The topological polar surface area (TPSA) is 71.1 Å². The van der Waals surface area contributed by atoms with Crippen LogP contribution in [0.25, 0.3) is 10.4 Å². The van der Waals surface area contributed by atoms with E-state index >= 15 is 0 Å². The maximum absolute atomic E-state index is 14.1. The van der Waals surface area contributed by atoms with Crippen molar-refractivity contribution in [2.45, 2.75) is 64.0 Å². The molecule has 3 aromatic rings. The highest BCUT2D eigenvalue weighted by Gasteiger charge is 2.36. The SMILES string of the molecule is Cc1ccc(C(=O)NC(C(=O)c2nc(C3CC3)sc2-c2ccccc2)C2CCCCN2)cc1C. The van der Waals surface area contributed by atoms with E-state index < -0.39 is 6.04 Å². The number of ketones is 1. The second-order valence-corrected chi connectivity index (χ2v) is 10.6. The lowest BCUT2D eigenvalue weighted by Gasteiger charge is -2.31. The Morgan fingerprint density at radius 2 is 1.82 bits per heavy atom. The Morgan fingerprint density at radius 1 is 1.03 bits per heavy atom. The Bertz CT molecular complexity index is 1190. The first-order valence-electron chi connectivity index (χ1n) is 12.2. The van der Waals surface area contributed by atoms with E-state index in [4.69, 9.17) is 4.98 Å². The van der Waals surface area contributed by atoms with Gasteiger partial charge in [-0.3, -0.25) is 9.59 Å². The van der Waals surface area contributed by atoms with Crippen LogP contribution < -0.4 is 10.6 Å². The van der Waals surface area contributed by atoms with E-state index in [1.165, 1.54) is 0 Å². The van der Waals surface area contributed by atoms with Crippen LogP contribution in [0.1, 0.15) is 75.0 Å². The van der Waals surface area contributed by atoms with Gasteiger partial charge < -0.3 is 10.6 Å². The van der Waals surface area contributed by atoms with Crippen molar-refractivity contribution in [2.24, 2.45) is 0 Å². The van der Waals surface area contributed by atoms with E-state index in [-0.39, 0.29) is 17.7 Å². The summed E-state index contributed by atoms with van der Waals surface area (Å²) in [5.41, 5.74) is 4.28. The molecule has 2 aromatic carbocycles. The number of aromatic nitrogens is 1. The molecule has 1 aromatic heterocycles. The fourth-order valence-electron chi connectivity index (χ4n) is 4.56. The quantitative estimate of drug-likeness (QED) is 0.449. The van der Waals surface area contributed by atoms with Gasteiger partial charge >= 0.3 is 0 Å². The largest absolute Gasteiger partial charge is 0.340 e. The number of hydrogen-bond acceptors (Lipinski definition) is 5. The van der Waals surface area contributed by atoms with Gasteiger partial charge in [-0.25, -0.2) is 4.98 Å². The summed E-state index contributed by atoms with van der Waals surface area (Å²) in [4.78, 5) is 33.1. The molecular weight excluding hydrogens is 442 g/mol. The zero-order chi connectivity index (χ0) is 23.7. The molecule has 1 saturated heterocycles. The minimum atomic E-state index is -0.661. The Labute approximate surface area is 205 Å². The molecule has 34 heavy (non-hydrogen) atoms. The van der Waals surface area contributed by atoms with Crippen LogP contribution in [0.3, 0.4) is 0 Å². The number of hydrogen-bond donors (Lipinski definition) is 2. The number of carbonyl (C=O) groups is 2. The highest BCUT2D eigenvalue weighted by atomic mass is 32.1. The molecular formula is C28H31N3O2S. The van der Waals surface area contributed by atoms with E-state index in [9.17, 15) is 9.59 Å². The number of Topliss-reactive ketones (excluding diaryl/α,β-unsaturated/α-hetero) is 1. The summed E-state index contributed by atoms with van der Waals surface area (Å²) >= 11 is 1.63. The van der Waals surface area contributed by atoms with Crippen LogP contribution in [0.5, 0.6) is 0 Å². The number of nitrogens with one attached hydrogen (secondary N) is 2. The number of aryl methyl sites for hydroxylation is 2. The van der Waals surface area contributed by atoms with Crippen molar-refractivity contribution in [2.75, 3.05) is 6.54 Å². The summed E-state index contributed by atoms with van der Waals surface area (Å²) in [5.74, 6) is 0.150. The average molecular weight is 474 g/mol. The minimum absolute atomic E-state index is 0.0985. The van der Waals surface area contributed by atoms with Crippen molar-refractivity contribution in [3.05, 3.63) is 75.9 Å². The van der Waals surface area contributed by atoms with Crippen molar-refractivity contribution < 1.29 is 9.59 Å². The minimum Gasteiger partial charge on any atom is -0.340 e.